The molecule has 2 nitrogen and oxygen atoms in total. The molecule has 0 heterocycles. The number of carbonyl (C=O) groups is 1. The van der Waals surface area contributed by atoms with E-state index in [9.17, 15) is 18.0 Å². The highest BCUT2D eigenvalue weighted by Gasteiger charge is 2.32. The maximum absolute atomic E-state index is 11.9. The van der Waals surface area contributed by atoms with E-state index in [1.54, 1.807) is 0 Å². The minimum absolute atomic E-state index is 0.0973. The van der Waals surface area contributed by atoms with Crippen molar-refractivity contribution in [1.29, 1.82) is 0 Å². The summed E-state index contributed by atoms with van der Waals surface area (Å²) in [6, 6.07) is 3.79. The van der Waals surface area contributed by atoms with E-state index >= 15 is 0 Å². The van der Waals surface area contributed by atoms with Crippen molar-refractivity contribution in [1.82, 2.24) is 0 Å². The number of rotatable bonds is 2. The van der Waals surface area contributed by atoms with Crippen LogP contribution >= 0.6 is 12.6 Å². The topological polar surface area (TPSA) is 26.3 Å². The molecule has 0 atom stereocenters. The fourth-order valence-corrected chi connectivity index (χ4v) is 1.37. The Hall–Kier alpha value is -1.17. The minimum Gasteiger partial charge on any atom is -0.405 e. The Bertz CT molecular complexity index is 387. The second-order valence-corrected chi connectivity index (χ2v) is 3.20. The van der Waals surface area contributed by atoms with Crippen LogP contribution in [0, 0.1) is 0 Å². The van der Waals surface area contributed by atoms with E-state index in [0.29, 0.717) is 0 Å². The first-order valence-corrected chi connectivity index (χ1v) is 4.34. The van der Waals surface area contributed by atoms with Gasteiger partial charge in [-0.3, -0.25) is 4.79 Å². The molecular formula is C9H7F3O2S. The lowest BCUT2D eigenvalue weighted by Gasteiger charge is -2.12. The summed E-state index contributed by atoms with van der Waals surface area (Å²) < 4.78 is 39.4. The van der Waals surface area contributed by atoms with Gasteiger partial charge in [0.2, 0.25) is 0 Å². The fourth-order valence-electron chi connectivity index (χ4n) is 1.01. The number of hydrogen-bond acceptors (Lipinski definition) is 3. The number of benzene rings is 1. The summed E-state index contributed by atoms with van der Waals surface area (Å²) in [5.41, 5.74) is 0.0973. The van der Waals surface area contributed by atoms with Crippen LogP contribution < -0.4 is 4.74 Å². The quantitative estimate of drug-likeness (QED) is 0.631. The normalized spacial score (nSPS) is 11.3. The first-order chi connectivity index (χ1) is 6.81. The molecule has 0 fully saturated rings. The SMILES string of the molecule is CC(=O)c1cccc(OC(F)(F)F)c1S. The van der Waals surface area contributed by atoms with Gasteiger partial charge in [-0.05, 0) is 13.0 Å². The maximum atomic E-state index is 11.9. The molecule has 82 valence electrons. The van der Waals surface area contributed by atoms with Crippen LogP contribution in [0.5, 0.6) is 5.75 Å². The molecule has 0 radical (unpaired) electrons. The maximum Gasteiger partial charge on any atom is 0.573 e. The van der Waals surface area contributed by atoms with Gasteiger partial charge in [-0.1, -0.05) is 12.1 Å². The third-order valence-electron chi connectivity index (χ3n) is 1.60. The van der Waals surface area contributed by atoms with Gasteiger partial charge in [0.05, 0.1) is 4.90 Å². The molecule has 15 heavy (non-hydrogen) atoms. The van der Waals surface area contributed by atoms with Gasteiger partial charge in [0.15, 0.2) is 5.78 Å². The van der Waals surface area contributed by atoms with Crippen LogP contribution in [0.1, 0.15) is 17.3 Å². The van der Waals surface area contributed by atoms with Crippen molar-refractivity contribution < 1.29 is 22.7 Å². The molecule has 0 saturated heterocycles. The van der Waals surface area contributed by atoms with Gasteiger partial charge in [0.1, 0.15) is 5.75 Å². The number of thiol groups is 1. The predicted molar refractivity (Wildman–Crippen MR) is 50.4 cm³/mol. The molecule has 6 heteroatoms. The van der Waals surface area contributed by atoms with E-state index in [2.05, 4.69) is 17.4 Å². The number of ether oxygens (including phenoxy) is 1. The molecule has 0 aliphatic rings. The third kappa shape index (κ3) is 3.16. The highest BCUT2D eigenvalue weighted by atomic mass is 32.1. The van der Waals surface area contributed by atoms with Crippen LogP contribution in [-0.2, 0) is 0 Å². The highest BCUT2D eigenvalue weighted by molar-refractivity contribution is 7.80. The average molecular weight is 236 g/mol. The number of hydrogen-bond donors (Lipinski definition) is 1. The minimum atomic E-state index is -4.78. The standard InChI is InChI=1S/C9H7F3O2S/c1-5(13)6-3-2-4-7(8(6)15)14-9(10,11)12/h2-4,15H,1H3. The zero-order valence-electron chi connectivity index (χ0n) is 7.63. The molecule has 1 rings (SSSR count). The van der Waals surface area contributed by atoms with Crippen LogP contribution in [0.15, 0.2) is 23.1 Å². The molecule has 0 saturated carbocycles. The Kier molecular flexibility index (Phi) is 3.28. The van der Waals surface area contributed by atoms with Gasteiger partial charge in [-0.2, -0.15) is 0 Å². The van der Waals surface area contributed by atoms with Gasteiger partial charge in [-0.25, -0.2) is 0 Å². The zero-order chi connectivity index (χ0) is 11.6. The lowest BCUT2D eigenvalue weighted by molar-refractivity contribution is -0.275. The summed E-state index contributed by atoms with van der Waals surface area (Å²) >= 11 is 3.82. The summed E-state index contributed by atoms with van der Waals surface area (Å²) in [6.07, 6.45) is -4.78. The Morgan fingerprint density at radius 1 is 1.40 bits per heavy atom. The van der Waals surface area contributed by atoms with Crippen molar-refractivity contribution in [3.8, 4) is 5.75 Å². The zero-order valence-corrected chi connectivity index (χ0v) is 8.52. The number of alkyl halides is 3. The van der Waals surface area contributed by atoms with Crippen molar-refractivity contribution in [3.05, 3.63) is 23.8 Å². The Balaban J connectivity index is 3.10. The Labute approximate surface area is 89.5 Å². The third-order valence-corrected chi connectivity index (χ3v) is 2.07. The molecular weight excluding hydrogens is 229 g/mol. The Morgan fingerprint density at radius 3 is 2.47 bits per heavy atom. The van der Waals surface area contributed by atoms with Crippen molar-refractivity contribution in [2.45, 2.75) is 18.2 Å². The van der Waals surface area contributed by atoms with Crippen LogP contribution in [0.3, 0.4) is 0 Å². The molecule has 0 bridgehead atoms. The lowest BCUT2D eigenvalue weighted by atomic mass is 10.1. The van der Waals surface area contributed by atoms with Gasteiger partial charge in [0, 0.05) is 5.56 Å². The number of carbonyl (C=O) groups excluding carboxylic acids is 1. The van der Waals surface area contributed by atoms with Crippen LogP contribution in [-0.4, -0.2) is 12.1 Å². The van der Waals surface area contributed by atoms with Crippen molar-refractivity contribution in [2.75, 3.05) is 0 Å². The summed E-state index contributed by atoms with van der Waals surface area (Å²) in [6.45, 7) is 1.24. The van der Waals surface area contributed by atoms with E-state index in [-0.39, 0.29) is 16.2 Å². The van der Waals surface area contributed by atoms with E-state index in [1.165, 1.54) is 19.1 Å². The summed E-state index contributed by atoms with van der Waals surface area (Å²) in [4.78, 5) is 10.9. The second kappa shape index (κ2) is 4.14. The van der Waals surface area contributed by atoms with Crippen LogP contribution in [0.4, 0.5) is 13.2 Å². The van der Waals surface area contributed by atoms with Gasteiger partial charge >= 0.3 is 6.36 Å². The predicted octanol–water partition coefficient (Wildman–Crippen LogP) is 3.08. The van der Waals surface area contributed by atoms with E-state index < -0.39 is 12.1 Å². The summed E-state index contributed by atoms with van der Waals surface area (Å²) in [5, 5.41) is 0. The smallest absolute Gasteiger partial charge is 0.405 e. The van der Waals surface area contributed by atoms with Crippen molar-refractivity contribution in [2.24, 2.45) is 0 Å². The van der Waals surface area contributed by atoms with E-state index in [1.807, 2.05) is 0 Å². The first kappa shape index (κ1) is 11.9. The summed E-state index contributed by atoms with van der Waals surface area (Å²) in [5.74, 6) is -0.842. The van der Waals surface area contributed by atoms with E-state index in [4.69, 9.17) is 0 Å². The molecule has 0 aromatic heterocycles. The van der Waals surface area contributed by atoms with Crippen molar-refractivity contribution >= 4 is 18.4 Å². The molecule has 1 aromatic rings. The molecule has 0 aliphatic heterocycles. The average Bonchev–Trinajstić information content (AvgIpc) is 2.05. The molecule has 0 spiro atoms. The molecule has 0 N–H and O–H groups in total. The van der Waals surface area contributed by atoms with Crippen LogP contribution in [0.2, 0.25) is 0 Å². The van der Waals surface area contributed by atoms with Gasteiger partial charge in [-0.15, -0.1) is 25.8 Å². The largest absolute Gasteiger partial charge is 0.573 e. The first-order valence-electron chi connectivity index (χ1n) is 3.90. The fraction of sp³-hybridized carbons (Fsp3) is 0.222. The number of ketones is 1. The second-order valence-electron chi connectivity index (χ2n) is 2.76. The molecule has 1 aromatic carbocycles. The molecule has 0 aliphatic carbocycles. The van der Waals surface area contributed by atoms with Gasteiger partial charge in [0.25, 0.3) is 0 Å². The lowest BCUT2D eigenvalue weighted by Crippen LogP contribution is -2.17. The van der Waals surface area contributed by atoms with Crippen molar-refractivity contribution in [3.63, 3.8) is 0 Å². The van der Waals surface area contributed by atoms with E-state index in [0.717, 1.165) is 6.07 Å². The van der Waals surface area contributed by atoms with Crippen LogP contribution in [0.25, 0.3) is 0 Å². The Morgan fingerprint density at radius 2 is 2.00 bits per heavy atom. The number of halogens is 3. The van der Waals surface area contributed by atoms with Gasteiger partial charge < -0.3 is 4.74 Å². The summed E-state index contributed by atoms with van der Waals surface area (Å²) in [7, 11) is 0. The highest BCUT2D eigenvalue weighted by Crippen LogP contribution is 2.31. The molecule has 0 unspecified atom stereocenters. The monoisotopic (exact) mass is 236 g/mol. The molecule has 0 amide bonds. The number of Topliss-reactive ketones (excluding diaryl/α,β-unsaturated/α-hetero) is 1.